The van der Waals surface area contributed by atoms with Crippen molar-refractivity contribution in [3.63, 3.8) is 0 Å². The van der Waals surface area contributed by atoms with E-state index in [4.69, 9.17) is 14.9 Å². The molecule has 0 saturated heterocycles. The Kier molecular flexibility index (Phi) is 16.9. The molecule has 0 spiro atoms. The van der Waals surface area contributed by atoms with Crippen molar-refractivity contribution in [1.82, 2.24) is 0 Å². The maximum atomic E-state index is 11.9. The van der Waals surface area contributed by atoms with Crippen molar-refractivity contribution >= 4 is 5.97 Å². The Morgan fingerprint density at radius 2 is 1.19 bits per heavy atom. The first-order valence-electron chi connectivity index (χ1n) is 10.4. The first-order chi connectivity index (χ1) is 13.0. The van der Waals surface area contributed by atoms with E-state index in [0.717, 1.165) is 19.3 Å². The van der Waals surface area contributed by atoms with Crippen LogP contribution in [-0.2, 0) is 9.53 Å². The third-order valence-electron chi connectivity index (χ3n) is 4.74. The molecule has 0 bridgehead atoms. The van der Waals surface area contributed by atoms with Crippen LogP contribution in [0.5, 0.6) is 0 Å². The van der Waals surface area contributed by atoms with Gasteiger partial charge < -0.3 is 30.3 Å². The predicted octanol–water partition coefficient (Wildman–Crippen LogP) is 1.67. The van der Waals surface area contributed by atoms with Gasteiger partial charge in [0.2, 0.25) is 0 Å². The Morgan fingerprint density at radius 1 is 0.741 bits per heavy atom. The molecule has 7 heteroatoms. The van der Waals surface area contributed by atoms with E-state index in [1.54, 1.807) is 0 Å². The minimum Gasteiger partial charge on any atom is -0.457 e. The monoisotopic (exact) mass is 392 g/mol. The van der Waals surface area contributed by atoms with Gasteiger partial charge in [0.15, 0.2) is 6.10 Å². The summed E-state index contributed by atoms with van der Waals surface area (Å²) in [6, 6.07) is 0. The van der Waals surface area contributed by atoms with Gasteiger partial charge in [-0.25, -0.2) is 0 Å². The number of ether oxygens (including phenoxy) is 1. The van der Waals surface area contributed by atoms with Crippen molar-refractivity contribution in [2.75, 3.05) is 13.2 Å². The lowest BCUT2D eigenvalue weighted by molar-refractivity contribution is -0.177. The fraction of sp³-hybridized carbons (Fsp3) is 0.950. The van der Waals surface area contributed by atoms with Gasteiger partial charge in [0, 0.05) is 6.42 Å². The Balaban J connectivity index is 3.86. The maximum absolute atomic E-state index is 11.9. The summed E-state index contributed by atoms with van der Waals surface area (Å²) in [5.41, 5.74) is 0. The molecule has 0 radical (unpaired) electrons. The third-order valence-corrected chi connectivity index (χ3v) is 4.74. The maximum Gasteiger partial charge on any atom is 0.306 e. The minimum atomic E-state index is -1.67. The van der Waals surface area contributed by atoms with E-state index in [9.17, 15) is 20.1 Å². The van der Waals surface area contributed by atoms with Gasteiger partial charge in [0.05, 0.1) is 13.2 Å². The average molecular weight is 393 g/mol. The molecule has 0 fully saturated rings. The number of hydrogen-bond acceptors (Lipinski definition) is 7. The van der Waals surface area contributed by atoms with Crippen molar-refractivity contribution in [1.29, 1.82) is 0 Å². The van der Waals surface area contributed by atoms with E-state index in [1.165, 1.54) is 44.9 Å². The highest BCUT2D eigenvalue weighted by Gasteiger charge is 2.34. The molecule has 0 amide bonds. The summed E-state index contributed by atoms with van der Waals surface area (Å²) in [7, 11) is 0. The van der Waals surface area contributed by atoms with E-state index >= 15 is 0 Å². The normalized spacial score (nSPS) is 15.9. The van der Waals surface area contributed by atoms with E-state index < -0.39 is 43.6 Å². The van der Waals surface area contributed by atoms with Gasteiger partial charge in [-0.1, -0.05) is 71.1 Å². The van der Waals surface area contributed by atoms with E-state index in [0.29, 0.717) is 6.42 Å². The molecule has 0 aliphatic rings. The smallest absolute Gasteiger partial charge is 0.306 e. The van der Waals surface area contributed by atoms with E-state index in [1.807, 2.05) is 0 Å². The van der Waals surface area contributed by atoms with Crippen molar-refractivity contribution in [2.24, 2.45) is 0 Å². The van der Waals surface area contributed by atoms with Crippen LogP contribution in [0.3, 0.4) is 0 Å². The standard InChI is InChI=1S/C20H40O7/c1-2-3-4-5-6-7-8-9-10-11-12-13-18(25)27-20(17(24)15-22)19(26)16(23)14-21/h16-17,19-24,26H,2-15H2,1H3/t16-,17-,19-,20-/m1/s1. The summed E-state index contributed by atoms with van der Waals surface area (Å²) in [4.78, 5) is 11.9. The summed E-state index contributed by atoms with van der Waals surface area (Å²) in [6.07, 6.45) is 6.67. The Labute approximate surface area is 163 Å². The molecule has 0 saturated carbocycles. The summed E-state index contributed by atoms with van der Waals surface area (Å²) >= 11 is 0. The molecule has 27 heavy (non-hydrogen) atoms. The van der Waals surface area contributed by atoms with Crippen LogP contribution in [0.4, 0.5) is 0 Å². The number of carbonyl (C=O) groups excluding carboxylic acids is 1. The second-order valence-corrected chi connectivity index (χ2v) is 7.23. The Morgan fingerprint density at radius 3 is 1.63 bits per heavy atom. The first kappa shape index (κ1) is 26.3. The minimum absolute atomic E-state index is 0.146. The zero-order valence-electron chi connectivity index (χ0n) is 16.8. The molecule has 162 valence electrons. The molecule has 7 nitrogen and oxygen atoms in total. The van der Waals surface area contributed by atoms with Crippen LogP contribution in [0.1, 0.15) is 84.0 Å². The predicted molar refractivity (Wildman–Crippen MR) is 103 cm³/mol. The van der Waals surface area contributed by atoms with Crippen LogP contribution in [0, 0.1) is 0 Å². The number of hydrogen-bond donors (Lipinski definition) is 5. The molecule has 0 aromatic rings. The number of rotatable bonds is 18. The second-order valence-electron chi connectivity index (χ2n) is 7.23. The third kappa shape index (κ3) is 13.1. The Bertz CT molecular complexity index is 351. The fourth-order valence-corrected chi connectivity index (χ4v) is 2.95. The highest BCUT2D eigenvalue weighted by molar-refractivity contribution is 5.69. The lowest BCUT2D eigenvalue weighted by Crippen LogP contribution is -2.49. The Hall–Kier alpha value is -0.730. The first-order valence-corrected chi connectivity index (χ1v) is 10.4. The molecule has 0 unspecified atom stereocenters. The largest absolute Gasteiger partial charge is 0.457 e. The number of esters is 1. The van der Waals surface area contributed by atoms with E-state index in [-0.39, 0.29) is 6.42 Å². The summed E-state index contributed by atoms with van der Waals surface area (Å²) in [6.45, 7) is 0.739. The van der Waals surface area contributed by atoms with Gasteiger partial charge in [-0.3, -0.25) is 4.79 Å². The lowest BCUT2D eigenvalue weighted by atomic mass is 10.0. The summed E-state index contributed by atoms with van der Waals surface area (Å²) in [5.74, 6) is -0.604. The molecular formula is C20H40O7. The number of aliphatic hydroxyl groups is 5. The lowest BCUT2D eigenvalue weighted by Gasteiger charge is -2.28. The molecule has 0 aliphatic carbocycles. The molecule has 0 aromatic heterocycles. The van der Waals surface area contributed by atoms with Gasteiger partial charge in [-0.2, -0.15) is 0 Å². The zero-order chi connectivity index (χ0) is 20.5. The second kappa shape index (κ2) is 17.4. The van der Waals surface area contributed by atoms with Crippen molar-refractivity contribution in [3.05, 3.63) is 0 Å². The molecule has 0 aromatic carbocycles. The van der Waals surface area contributed by atoms with Crippen LogP contribution in [-0.4, -0.2) is 69.1 Å². The van der Waals surface area contributed by atoms with Crippen LogP contribution >= 0.6 is 0 Å². The van der Waals surface area contributed by atoms with Crippen molar-refractivity contribution < 1.29 is 35.1 Å². The number of carbonyl (C=O) groups is 1. The SMILES string of the molecule is CCCCCCCCCCCCCC(=O)O[C@@H]([C@H](O)[C@H](O)CO)[C@H](O)CO. The quantitative estimate of drug-likeness (QED) is 0.177. The van der Waals surface area contributed by atoms with Gasteiger partial charge in [-0.05, 0) is 6.42 Å². The number of aliphatic hydroxyl groups excluding tert-OH is 5. The summed E-state index contributed by atoms with van der Waals surface area (Å²) in [5, 5.41) is 46.8. The van der Waals surface area contributed by atoms with Crippen LogP contribution in [0.25, 0.3) is 0 Å². The van der Waals surface area contributed by atoms with Gasteiger partial charge in [-0.15, -0.1) is 0 Å². The van der Waals surface area contributed by atoms with Crippen molar-refractivity contribution in [3.8, 4) is 0 Å². The van der Waals surface area contributed by atoms with Crippen LogP contribution < -0.4 is 0 Å². The van der Waals surface area contributed by atoms with Gasteiger partial charge >= 0.3 is 5.97 Å². The zero-order valence-corrected chi connectivity index (χ0v) is 16.8. The molecule has 0 rings (SSSR count). The molecule has 0 heterocycles. The van der Waals surface area contributed by atoms with Crippen molar-refractivity contribution in [2.45, 2.75) is 108 Å². The van der Waals surface area contributed by atoms with Gasteiger partial charge in [0.1, 0.15) is 18.3 Å². The fourth-order valence-electron chi connectivity index (χ4n) is 2.95. The van der Waals surface area contributed by atoms with E-state index in [2.05, 4.69) is 6.92 Å². The molecular weight excluding hydrogens is 352 g/mol. The topological polar surface area (TPSA) is 127 Å². The number of unbranched alkanes of at least 4 members (excludes halogenated alkanes) is 10. The van der Waals surface area contributed by atoms with Crippen LogP contribution in [0.15, 0.2) is 0 Å². The highest BCUT2D eigenvalue weighted by Crippen LogP contribution is 2.14. The molecule has 0 aliphatic heterocycles. The molecule has 4 atom stereocenters. The van der Waals surface area contributed by atoms with Crippen LogP contribution in [0.2, 0.25) is 0 Å². The molecule has 5 N–H and O–H groups in total. The van der Waals surface area contributed by atoms with Gasteiger partial charge in [0.25, 0.3) is 0 Å². The highest BCUT2D eigenvalue weighted by atomic mass is 16.6. The summed E-state index contributed by atoms with van der Waals surface area (Å²) < 4.78 is 5.01. The average Bonchev–Trinajstić information content (AvgIpc) is 2.68.